The lowest BCUT2D eigenvalue weighted by Crippen LogP contribution is -2.37. The van der Waals surface area contributed by atoms with E-state index in [1.165, 1.54) is 4.90 Å². The Kier molecular flexibility index (Phi) is 4.24. The van der Waals surface area contributed by atoms with E-state index in [1.54, 1.807) is 18.2 Å². The zero-order chi connectivity index (χ0) is 18.3. The molecule has 2 N–H and O–H groups in total. The number of primary amides is 1. The van der Waals surface area contributed by atoms with Crippen molar-refractivity contribution in [3.63, 3.8) is 0 Å². The van der Waals surface area contributed by atoms with Crippen LogP contribution < -0.4 is 15.5 Å². The van der Waals surface area contributed by atoms with Crippen LogP contribution in [-0.4, -0.2) is 44.0 Å². The molecule has 3 amide bonds. The maximum atomic E-state index is 12.7. The van der Waals surface area contributed by atoms with Crippen molar-refractivity contribution in [1.82, 2.24) is 0 Å². The lowest BCUT2D eigenvalue weighted by Gasteiger charge is -2.30. The SMILES string of the molecule is NC(=O)c1cc(N2C(=O)[C@H]3CC=CC[C@H]3C2=O)ccc1N1CCOCC1. The van der Waals surface area contributed by atoms with E-state index in [9.17, 15) is 14.4 Å². The number of anilines is 2. The van der Waals surface area contributed by atoms with Crippen LogP contribution in [0.25, 0.3) is 0 Å². The normalized spacial score (nSPS) is 25.5. The van der Waals surface area contributed by atoms with Crippen LogP contribution in [0.4, 0.5) is 11.4 Å². The van der Waals surface area contributed by atoms with Gasteiger partial charge < -0.3 is 15.4 Å². The van der Waals surface area contributed by atoms with Gasteiger partial charge in [-0.3, -0.25) is 19.3 Å². The fourth-order valence-electron chi connectivity index (χ4n) is 4.00. The lowest BCUT2D eigenvalue weighted by atomic mass is 9.85. The molecule has 136 valence electrons. The second kappa shape index (κ2) is 6.57. The first-order chi connectivity index (χ1) is 12.6. The van der Waals surface area contributed by atoms with Crippen LogP contribution >= 0.6 is 0 Å². The first kappa shape index (κ1) is 16.8. The molecule has 7 heteroatoms. The van der Waals surface area contributed by atoms with Gasteiger partial charge >= 0.3 is 0 Å². The molecule has 0 radical (unpaired) electrons. The smallest absolute Gasteiger partial charge is 0.250 e. The summed E-state index contributed by atoms with van der Waals surface area (Å²) in [6, 6.07) is 5.05. The zero-order valence-electron chi connectivity index (χ0n) is 14.4. The highest BCUT2D eigenvalue weighted by molar-refractivity contribution is 6.22. The van der Waals surface area contributed by atoms with E-state index in [0.29, 0.717) is 56.1 Å². The Morgan fingerprint density at radius 2 is 1.65 bits per heavy atom. The number of carbonyl (C=O) groups is 3. The highest BCUT2D eigenvalue weighted by atomic mass is 16.5. The average Bonchev–Trinajstić information content (AvgIpc) is 2.93. The minimum Gasteiger partial charge on any atom is -0.378 e. The van der Waals surface area contributed by atoms with Crippen LogP contribution in [0.5, 0.6) is 0 Å². The molecule has 2 heterocycles. The third-order valence-corrected chi connectivity index (χ3v) is 5.36. The van der Waals surface area contributed by atoms with Crippen LogP contribution in [0.15, 0.2) is 30.4 Å². The number of morpholine rings is 1. The number of hydrogen-bond donors (Lipinski definition) is 1. The van der Waals surface area contributed by atoms with Gasteiger partial charge in [-0.1, -0.05) is 12.2 Å². The van der Waals surface area contributed by atoms with Crippen LogP contribution in [0.3, 0.4) is 0 Å². The number of nitrogens with two attached hydrogens (primary N) is 1. The van der Waals surface area contributed by atoms with E-state index in [1.807, 2.05) is 17.1 Å². The molecule has 1 aromatic rings. The van der Waals surface area contributed by atoms with E-state index < -0.39 is 5.91 Å². The predicted molar refractivity (Wildman–Crippen MR) is 95.8 cm³/mol. The summed E-state index contributed by atoms with van der Waals surface area (Å²) in [7, 11) is 0. The van der Waals surface area contributed by atoms with E-state index in [0.717, 1.165) is 0 Å². The van der Waals surface area contributed by atoms with Crippen LogP contribution in [0.1, 0.15) is 23.2 Å². The molecule has 0 spiro atoms. The quantitative estimate of drug-likeness (QED) is 0.647. The molecule has 2 saturated heterocycles. The maximum Gasteiger partial charge on any atom is 0.250 e. The molecular formula is C19H21N3O4. The Bertz CT molecular complexity index is 772. The summed E-state index contributed by atoms with van der Waals surface area (Å²) in [5, 5.41) is 0. The van der Waals surface area contributed by atoms with E-state index in [2.05, 4.69) is 0 Å². The number of benzene rings is 1. The third kappa shape index (κ3) is 2.68. The topological polar surface area (TPSA) is 92.9 Å². The molecular weight excluding hydrogens is 334 g/mol. The second-order valence-corrected chi connectivity index (χ2v) is 6.83. The number of hydrogen-bond acceptors (Lipinski definition) is 5. The third-order valence-electron chi connectivity index (χ3n) is 5.36. The van der Waals surface area contributed by atoms with Gasteiger partial charge in [0.05, 0.1) is 36.3 Å². The summed E-state index contributed by atoms with van der Waals surface area (Å²) in [6.07, 6.45) is 5.07. The maximum absolute atomic E-state index is 12.7. The summed E-state index contributed by atoms with van der Waals surface area (Å²) >= 11 is 0. The standard InChI is InChI=1S/C19H21N3O4/c20-17(23)15-11-12(5-6-16(15)21-7-9-26-10-8-21)22-18(24)13-3-1-2-4-14(13)19(22)25/h1-2,5-6,11,13-14H,3-4,7-10H2,(H2,20,23)/t13-,14+. The second-order valence-electron chi connectivity index (χ2n) is 6.83. The Balaban J connectivity index is 1.69. The molecule has 0 bridgehead atoms. The van der Waals surface area contributed by atoms with Crippen LogP contribution in [0, 0.1) is 11.8 Å². The highest BCUT2D eigenvalue weighted by Gasteiger charge is 2.48. The Labute approximate surface area is 151 Å². The number of carbonyl (C=O) groups excluding carboxylic acids is 3. The van der Waals surface area contributed by atoms with Crippen molar-refractivity contribution in [3.8, 4) is 0 Å². The van der Waals surface area contributed by atoms with E-state index >= 15 is 0 Å². The molecule has 2 fully saturated rings. The van der Waals surface area contributed by atoms with Crippen molar-refractivity contribution in [2.75, 3.05) is 36.1 Å². The molecule has 3 aliphatic rings. The summed E-state index contributed by atoms with van der Waals surface area (Å²) < 4.78 is 5.35. The summed E-state index contributed by atoms with van der Waals surface area (Å²) in [5.41, 5.74) is 7.03. The van der Waals surface area contributed by atoms with Crippen molar-refractivity contribution in [2.24, 2.45) is 17.6 Å². The Morgan fingerprint density at radius 3 is 2.23 bits per heavy atom. The molecule has 1 aromatic carbocycles. The van der Waals surface area contributed by atoms with E-state index in [4.69, 9.17) is 10.5 Å². The number of imide groups is 1. The first-order valence-electron chi connectivity index (χ1n) is 8.87. The van der Waals surface area contributed by atoms with Gasteiger partial charge in [-0.15, -0.1) is 0 Å². The molecule has 26 heavy (non-hydrogen) atoms. The summed E-state index contributed by atoms with van der Waals surface area (Å²) in [4.78, 5) is 40.8. The molecule has 0 saturated carbocycles. The molecule has 0 aromatic heterocycles. The van der Waals surface area contributed by atoms with Crippen LogP contribution in [-0.2, 0) is 14.3 Å². The van der Waals surface area contributed by atoms with Crippen molar-refractivity contribution in [1.29, 1.82) is 0 Å². The number of fused-ring (bicyclic) bond motifs is 1. The van der Waals surface area contributed by atoms with Gasteiger partial charge in [0, 0.05) is 18.8 Å². The predicted octanol–water partition coefficient (Wildman–Crippen LogP) is 1.08. The number of ether oxygens (including phenoxy) is 1. The van der Waals surface area contributed by atoms with Gasteiger partial charge in [0.1, 0.15) is 0 Å². The van der Waals surface area contributed by atoms with E-state index in [-0.39, 0.29) is 23.7 Å². The van der Waals surface area contributed by atoms with Gasteiger partial charge in [0.25, 0.3) is 5.91 Å². The average molecular weight is 355 g/mol. The molecule has 2 aliphatic heterocycles. The fourth-order valence-corrected chi connectivity index (χ4v) is 4.00. The Hall–Kier alpha value is -2.67. The Morgan fingerprint density at radius 1 is 1.04 bits per heavy atom. The van der Waals surface area contributed by atoms with Gasteiger partial charge in [-0.25, -0.2) is 0 Å². The van der Waals surface area contributed by atoms with Gasteiger partial charge in [0.15, 0.2) is 0 Å². The van der Waals surface area contributed by atoms with Gasteiger partial charge in [0.2, 0.25) is 11.8 Å². The van der Waals surface area contributed by atoms with Crippen molar-refractivity contribution >= 4 is 29.1 Å². The largest absolute Gasteiger partial charge is 0.378 e. The minimum absolute atomic E-state index is 0.195. The molecule has 2 atom stereocenters. The fraction of sp³-hybridized carbons (Fsp3) is 0.421. The molecule has 0 unspecified atom stereocenters. The van der Waals surface area contributed by atoms with Crippen LogP contribution in [0.2, 0.25) is 0 Å². The number of rotatable bonds is 3. The van der Waals surface area contributed by atoms with Gasteiger partial charge in [-0.05, 0) is 31.0 Å². The van der Waals surface area contributed by atoms with Crippen molar-refractivity contribution in [2.45, 2.75) is 12.8 Å². The lowest BCUT2D eigenvalue weighted by molar-refractivity contribution is -0.122. The molecule has 7 nitrogen and oxygen atoms in total. The van der Waals surface area contributed by atoms with Crippen molar-refractivity contribution in [3.05, 3.63) is 35.9 Å². The van der Waals surface area contributed by atoms with Gasteiger partial charge in [-0.2, -0.15) is 0 Å². The first-order valence-corrected chi connectivity index (χ1v) is 8.87. The highest BCUT2D eigenvalue weighted by Crippen LogP contribution is 2.38. The number of nitrogens with zero attached hydrogens (tertiary/aromatic N) is 2. The molecule has 4 rings (SSSR count). The number of allylic oxidation sites excluding steroid dienone is 2. The minimum atomic E-state index is -0.577. The van der Waals surface area contributed by atoms with Crippen molar-refractivity contribution < 1.29 is 19.1 Å². The summed E-state index contributed by atoms with van der Waals surface area (Å²) in [6.45, 7) is 2.49. The molecule has 1 aliphatic carbocycles. The monoisotopic (exact) mass is 355 g/mol. The number of amides is 3. The zero-order valence-corrected chi connectivity index (χ0v) is 14.4. The summed E-state index contributed by atoms with van der Waals surface area (Å²) in [5.74, 6) is -1.57.